The van der Waals surface area contributed by atoms with Crippen molar-refractivity contribution >= 4 is 15.7 Å². The maximum Gasteiger partial charge on any atom is 0.240 e. The second-order valence-electron chi connectivity index (χ2n) is 5.10. The Balaban J connectivity index is 1.84. The van der Waals surface area contributed by atoms with Crippen LogP contribution in [0.4, 0.5) is 5.69 Å². The molecule has 5 heteroatoms. The van der Waals surface area contributed by atoms with E-state index in [4.69, 9.17) is 0 Å². The summed E-state index contributed by atoms with van der Waals surface area (Å²) in [4.78, 5) is 0.377. The number of nitrogens with one attached hydrogen (secondary N) is 2. The molecule has 98 valence electrons. The van der Waals surface area contributed by atoms with Crippen LogP contribution < -0.4 is 10.0 Å². The van der Waals surface area contributed by atoms with Crippen molar-refractivity contribution in [2.75, 3.05) is 11.9 Å². The van der Waals surface area contributed by atoms with Gasteiger partial charge in [0.05, 0.1) is 4.90 Å². The van der Waals surface area contributed by atoms with Crippen molar-refractivity contribution in [1.82, 2.24) is 4.72 Å². The molecule has 2 N–H and O–H groups in total. The molecule has 0 saturated heterocycles. The van der Waals surface area contributed by atoms with Gasteiger partial charge >= 0.3 is 0 Å². The van der Waals surface area contributed by atoms with Gasteiger partial charge in [0.2, 0.25) is 10.0 Å². The first-order valence-electron chi connectivity index (χ1n) is 6.54. The third kappa shape index (κ3) is 2.24. The van der Waals surface area contributed by atoms with Crippen molar-refractivity contribution in [1.29, 1.82) is 0 Å². The molecule has 0 unspecified atom stereocenters. The van der Waals surface area contributed by atoms with Crippen LogP contribution in [-0.2, 0) is 16.4 Å². The normalized spacial score (nSPS) is 19.8. The molecule has 1 aromatic rings. The van der Waals surface area contributed by atoms with Crippen LogP contribution in [0.15, 0.2) is 23.1 Å². The highest BCUT2D eigenvalue weighted by atomic mass is 32.2. The van der Waals surface area contributed by atoms with E-state index in [9.17, 15) is 8.42 Å². The highest BCUT2D eigenvalue weighted by molar-refractivity contribution is 7.89. The fourth-order valence-electron chi connectivity index (χ4n) is 2.77. The van der Waals surface area contributed by atoms with Gasteiger partial charge in [-0.2, -0.15) is 0 Å². The smallest absolute Gasteiger partial charge is 0.240 e. The van der Waals surface area contributed by atoms with E-state index in [-0.39, 0.29) is 6.04 Å². The van der Waals surface area contributed by atoms with Crippen molar-refractivity contribution in [2.24, 2.45) is 0 Å². The van der Waals surface area contributed by atoms with E-state index in [1.54, 1.807) is 12.1 Å². The van der Waals surface area contributed by atoms with Gasteiger partial charge < -0.3 is 5.32 Å². The first kappa shape index (κ1) is 12.0. The average Bonchev–Trinajstić information content (AvgIpc) is 2.97. The molecule has 3 rings (SSSR count). The zero-order chi connectivity index (χ0) is 12.6. The third-order valence-corrected chi connectivity index (χ3v) is 5.30. The zero-order valence-corrected chi connectivity index (χ0v) is 11.1. The van der Waals surface area contributed by atoms with Crippen LogP contribution in [0.2, 0.25) is 0 Å². The zero-order valence-electron chi connectivity index (χ0n) is 10.3. The fourth-order valence-corrected chi connectivity index (χ4v) is 4.10. The summed E-state index contributed by atoms with van der Waals surface area (Å²) in [5.41, 5.74) is 2.17. The van der Waals surface area contributed by atoms with Crippen molar-refractivity contribution in [2.45, 2.75) is 43.0 Å². The molecule has 1 aromatic carbocycles. The third-order valence-electron chi connectivity index (χ3n) is 3.78. The molecule has 0 spiro atoms. The SMILES string of the molecule is O=S(=O)(NC1CCCC1)c1ccc2c(c1)NCC2. The van der Waals surface area contributed by atoms with Gasteiger partial charge in [-0.3, -0.25) is 0 Å². The Morgan fingerprint density at radius 3 is 2.78 bits per heavy atom. The van der Waals surface area contributed by atoms with E-state index < -0.39 is 10.0 Å². The van der Waals surface area contributed by atoms with Gasteiger partial charge in [-0.05, 0) is 37.0 Å². The highest BCUT2D eigenvalue weighted by Crippen LogP contribution is 2.26. The van der Waals surface area contributed by atoms with Gasteiger partial charge in [-0.1, -0.05) is 18.9 Å². The number of fused-ring (bicyclic) bond motifs is 1. The van der Waals surface area contributed by atoms with Gasteiger partial charge in [-0.15, -0.1) is 0 Å². The molecule has 18 heavy (non-hydrogen) atoms. The molecular formula is C13H18N2O2S. The van der Waals surface area contributed by atoms with Gasteiger partial charge in [0.1, 0.15) is 0 Å². The maximum absolute atomic E-state index is 12.2. The summed E-state index contributed by atoms with van der Waals surface area (Å²) in [7, 11) is -3.36. The summed E-state index contributed by atoms with van der Waals surface area (Å²) in [5.74, 6) is 0. The van der Waals surface area contributed by atoms with Crippen molar-refractivity contribution in [3.63, 3.8) is 0 Å². The molecule has 2 aliphatic rings. The van der Waals surface area contributed by atoms with Gasteiger partial charge in [0.15, 0.2) is 0 Å². The minimum Gasteiger partial charge on any atom is -0.384 e. The van der Waals surface area contributed by atoms with Crippen LogP contribution in [0.1, 0.15) is 31.2 Å². The summed E-state index contributed by atoms with van der Waals surface area (Å²) < 4.78 is 27.3. The fraction of sp³-hybridized carbons (Fsp3) is 0.538. The Labute approximate surface area is 108 Å². The lowest BCUT2D eigenvalue weighted by Crippen LogP contribution is -2.32. The topological polar surface area (TPSA) is 58.2 Å². The van der Waals surface area contributed by atoms with Crippen LogP contribution in [-0.4, -0.2) is 21.0 Å². The number of hydrogen-bond donors (Lipinski definition) is 2. The van der Waals surface area contributed by atoms with E-state index in [1.807, 2.05) is 6.07 Å². The second-order valence-corrected chi connectivity index (χ2v) is 6.81. The van der Waals surface area contributed by atoms with Gasteiger partial charge in [0.25, 0.3) is 0 Å². The Morgan fingerprint density at radius 2 is 2.00 bits per heavy atom. The highest BCUT2D eigenvalue weighted by Gasteiger charge is 2.24. The van der Waals surface area contributed by atoms with Crippen LogP contribution in [0.5, 0.6) is 0 Å². The van der Waals surface area contributed by atoms with Crippen LogP contribution in [0, 0.1) is 0 Å². The molecule has 0 amide bonds. The molecule has 1 aliphatic heterocycles. The molecule has 0 aromatic heterocycles. The second kappa shape index (κ2) is 4.55. The number of sulfonamides is 1. The van der Waals surface area contributed by atoms with Crippen LogP contribution in [0.3, 0.4) is 0 Å². The summed E-state index contributed by atoms with van der Waals surface area (Å²) >= 11 is 0. The number of hydrogen-bond acceptors (Lipinski definition) is 3. The van der Waals surface area contributed by atoms with Gasteiger partial charge in [0, 0.05) is 18.3 Å². The quantitative estimate of drug-likeness (QED) is 0.878. The van der Waals surface area contributed by atoms with Crippen molar-refractivity contribution in [3.05, 3.63) is 23.8 Å². The molecule has 1 heterocycles. The summed E-state index contributed by atoms with van der Waals surface area (Å²) in [5, 5.41) is 3.21. The molecular weight excluding hydrogens is 248 g/mol. The molecule has 0 atom stereocenters. The number of benzene rings is 1. The first-order chi connectivity index (χ1) is 8.65. The maximum atomic E-state index is 12.2. The molecule has 1 aliphatic carbocycles. The number of rotatable bonds is 3. The monoisotopic (exact) mass is 266 g/mol. The van der Waals surface area contributed by atoms with Crippen molar-refractivity contribution < 1.29 is 8.42 Å². The lowest BCUT2D eigenvalue weighted by Gasteiger charge is -2.13. The lowest BCUT2D eigenvalue weighted by atomic mass is 10.2. The molecule has 1 saturated carbocycles. The average molecular weight is 266 g/mol. The molecule has 0 radical (unpaired) electrons. The standard InChI is InChI=1S/C13H18N2O2S/c16-18(17,15-11-3-1-2-4-11)12-6-5-10-7-8-14-13(10)9-12/h5-6,9,11,14-15H,1-4,7-8H2. The van der Waals surface area contributed by atoms with E-state index in [1.165, 1.54) is 5.56 Å². The Kier molecular flexibility index (Phi) is 3.03. The predicted molar refractivity (Wildman–Crippen MR) is 71.2 cm³/mol. The molecule has 1 fully saturated rings. The van der Waals surface area contributed by atoms with Crippen molar-refractivity contribution in [3.8, 4) is 0 Å². The molecule has 4 nitrogen and oxygen atoms in total. The summed E-state index contributed by atoms with van der Waals surface area (Å²) in [6.07, 6.45) is 5.15. The first-order valence-corrected chi connectivity index (χ1v) is 8.03. The largest absolute Gasteiger partial charge is 0.384 e. The van der Waals surface area contributed by atoms with E-state index in [2.05, 4.69) is 10.0 Å². The Bertz CT molecular complexity index is 548. The van der Waals surface area contributed by atoms with E-state index in [0.29, 0.717) is 4.90 Å². The predicted octanol–water partition coefficient (Wildman–Crippen LogP) is 1.88. The van der Waals surface area contributed by atoms with E-state index >= 15 is 0 Å². The van der Waals surface area contributed by atoms with Gasteiger partial charge in [-0.25, -0.2) is 13.1 Å². The van der Waals surface area contributed by atoms with Crippen LogP contribution in [0.25, 0.3) is 0 Å². The minimum absolute atomic E-state index is 0.121. The number of anilines is 1. The van der Waals surface area contributed by atoms with Crippen LogP contribution >= 0.6 is 0 Å². The Hall–Kier alpha value is -1.07. The Morgan fingerprint density at radius 1 is 1.22 bits per heavy atom. The molecule has 0 bridgehead atoms. The van der Waals surface area contributed by atoms with E-state index in [0.717, 1.165) is 44.3 Å². The minimum atomic E-state index is -3.36. The summed E-state index contributed by atoms with van der Waals surface area (Å²) in [6.45, 7) is 0.898. The lowest BCUT2D eigenvalue weighted by molar-refractivity contribution is 0.552. The summed E-state index contributed by atoms with van der Waals surface area (Å²) in [6, 6.07) is 5.50.